The van der Waals surface area contributed by atoms with E-state index in [9.17, 15) is 0 Å². The van der Waals surface area contributed by atoms with Crippen molar-refractivity contribution in [2.24, 2.45) is 7.05 Å². The quantitative estimate of drug-likeness (QED) is 0.797. The average Bonchev–Trinajstić information content (AvgIpc) is 2.53. The van der Waals surface area contributed by atoms with Gasteiger partial charge in [0.2, 0.25) is 0 Å². The summed E-state index contributed by atoms with van der Waals surface area (Å²) in [6.45, 7) is 2.18. The van der Waals surface area contributed by atoms with E-state index in [0.717, 1.165) is 5.82 Å². The van der Waals surface area contributed by atoms with Crippen LogP contribution in [0.3, 0.4) is 0 Å². The predicted octanol–water partition coefficient (Wildman–Crippen LogP) is 2.19. The number of hydrogen-bond donors (Lipinski definition) is 1. The van der Waals surface area contributed by atoms with Crippen LogP contribution >= 0.6 is 0 Å². The molecule has 1 heterocycles. The minimum atomic E-state index is 0.301. The van der Waals surface area contributed by atoms with Crippen LogP contribution in [0.4, 0.5) is 0 Å². The highest BCUT2D eigenvalue weighted by Gasteiger charge is 2.17. The van der Waals surface area contributed by atoms with Gasteiger partial charge >= 0.3 is 0 Å². The van der Waals surface area contributed by atoms with Gasteiger partial charge in [0.05, 0.1) is 6.04 Å². The van der Waals surface area contributed by atoms with Gasteiger partial charge < -0.3 is 9.88 Å². The third-order valence-electron chi connectivity index (χ3n) is 3.47. The third kappa shape index (κ3) is 2.82. The average molecular weight is 222 g/mol. The van der Waals surface area contributed by atoms with Gasteiger partial charge in [0, 0.05) is 13.1 Å². The first kappa shape index (κ1) is 11.6. The van der Waals surface area contributed by atoms with Crippen LogP contribution in [-0.2, 0) is 7.05 Å². The molecule has 4 nitrogen and oxygen atoms in total. The van der Waals surface area contributed by atoms with Crippen LogP contribution in [-0.4, -0.2) is 20.8 Å². The van der Waals surface area contributed by atoms with Crippen LogP contribution in [0.5, 0.6) is 0 Å². The van der Waals surface area contributed by atoms with E-state index >= 15 is 0 Å². The van der Waals surface area contributed by atoms with Crippen LogP contribution < -0.4 is 5.32 Å². The summed E-state index contributed by atoms with van der Waals surface area (Å²) < 4.78 is 1.99. The summed E-state index contributed by atoms with van der Waals surface area (Å²) in [5.74, 6) is 1.03. The molecule has 1 N–H and O–H groups in total. The second kappa shape index (κ2) is 5.43. The summed E-state index contributed by atoms with van der Waals surface area (Å²) >= 11 is 0. The largest absolute Gasteiger partial charge is 0.319 e. The molecule has 1 saturated carbocycles. The summed E-state index contributed by atoms with van der Waals surface area (Å²) in [7, 11) is 2.00. The SMILES string of the molecule is CC(NC1CCCCCC1)c1nncn1C. The Kier molecular flexibility index (Phi) is 3.93. The smallest absolute Gasteiger partial charge is 0.149 e. The second-order valence-electron chi connectivity index (χ2n) is 4.88. The number of nitrogens with zero attached hydrogens (tertiary/aromatic N) is 3. The van der Waals surface area contributed by atoms with Gasteiger partial charge in [-0.15, -0.1) is 10.2 Å². The van der Waals surface area contributed by atoms with Crippen molar-refractivity contribution in [3.05, 3.63) is 12.2 Å². The molecule has 2 rings (SSSR count). The molecule has 1 aliphatic rings. The topological polar surface area (TPSA) is 42.7 Å². The zero-order valence-electron chi connectivity index (χ0n) is 10.3. The molecule has 0 saturated heterocycles. The second-order valence-corrected chi connectivity index (χ2v) is 4.88. The molecule has 1 fully saturated rings. The molecule has 90 valence electrons. The molecule has 1 aromatic rings. The number of hydrogen-bond acceptors (Lipinski definition) is 3. The summed E-state index contributed by atoms with van der Waals surface area (Å²) in [4.78, 5) is 0. The van der Waals surface area contributed by atoms with Crippen molar-refractivity contribution in [2.45, 2.75) is 57.5 Å². The van der Waals surface area contributed by atoms with E-state index in [1.165, 1.54) is 38.5 Å². The highest BCUT2D eigenvalue weighted by atomic mass is 15.3. The van der Waals surface area contributed by atoms with Gasteiger partial charge in [0.15, 0.2) is 0 Å². The molecule has 1 aromatic heterocycles. The molecule has 0 aliphatic heterocycles. The summed E-state index contributed by atoms with van der Waals surface area (Å²) in [6.07, 6.45) is 9.91. The molecule has 16 heavy (non-hydrogen) atoms. The molecule has 1 atom stereocenters. The molecule has 0 amide bonds. The lowest BCUT2D eigenvalue weighted by Crippen LogP contribution is -2.32. The lowest BCUT2D eigenvalue weighted by molar-refractivity contribution is 0.399. The van der Waals surface area contributed by atoms with Crippen molar-refractivity contribution < 1.29 is 0 Å². The molecular formula is C12H22N4. The van der Waals surface area contributed by atoms with Crippen molar-refractivity contribution in [1.82, 2.24) is 20.1 Å². The highest BCUT2D eigenvalue weighted by Crippen LogP contribution is 2.20. The van der Waals surface area contributed by atoms with Crippen molar-refractivity contribution in [3.63, 3.8) is 0 Å². The van der Waals surface area contributed by atoms with Crippen LogP contribution in [0, 0.1) is 0 Å². The van der Waals surface area contributed by atoms with Crippen LogP contribution in [0.15, 0.2) is 6.33 Å². The summed E-state index contributed by atoms with van der Waals surface area (Å²) in [5, 5.41) is 11.8. The normalized spacial score (nSPS) is 20.6. The minimum Gasteiger partial charge on any atom is -0.319 e. The van der Waals surface area contributed by atoms with Gasteiger partial charge in [0.1, 0.15) is 12.2 Å². The van der Waals surface area contributed by atoms with Gasteiger partial charge in [0.25, 0.3) is 0 Å². The third-order valence-corrected chi connectivity index (χ3v) is 3.47. The summed E-state index contributed by atoms with van der Waals surface area (Å²) in [6, 6.07) is 0.963. The first-order valence-corrected chi connectivity index (χ1v) is 6.37. The maximum Gasteiger partial charge on any atom is 0.149 e. The lowest BCUT2D eigenvalue weighted by atomic mass is 10.1. The van der Waals surface area contributed by atoms with E-state index in [1.54, 1.807) is 6.33 Å². The summed E-state index contributed by atoms with van der Waals surface area (Å²) in [5.41, 5.74) is 0. The number of aryl methyl sites for hydroxylation is 1. The molecule has 0 aromatic carbocycles. The Morgan fingerprint density at radius 1 is 1.31 bits per heavy atom. The van der Waals surface area contributed by atoms with Crippen LogP contribution in [0.1, 0.15) is 57.3 Å². The Morgan fingerprint density at radius 2 is 2.00 bits per heavy atom. The first-order chi connectivity index (χ1) is 7.77. The fourth-order valence-corrected chi connectivity index (χ4v) is 2.56. The zero-order chi connectivity index (χ0) is 11.4. The molecule has 4 heteroatoms. The van der Waals surface area contributed by atoms with E-state index < -0.39 is 0 Å². The van der Waals surface area contributed by atoms with Crippen molar-refractivity contribution in [2.75, 3.05) is 0 Å². The lowest BCUT2D eigenvalue weighted by Gasteiger charge is -2.21. The van der Waals surface area contributed by atoms with E-state index in [2.05, 4.69) is 22.4 Å². The maximum absolute atomic E-state index is 4.16. The molecule has 1 aliphatic carbocycles. The van der Waals surface area contributed by atoms with Crippen LogP contribution in [0.25, 0.3) is 0 Å². The Bertz CT molecular complexity index is 313. The number of rotatable bonds is 3. The van der Waals surface area contributed by atoms with Crippen molar-refractivity contribution >= 4 is 0 Å². The fourth-order valence-electron chi connectivity index (χ4n) is 2.56. The van der Waals surface area contributed by atoms with Gasteiger partial charge in [-0.1, -0.05) is 25.7 Å². The molecule has 0 spiro atoms. The Morgan fingerprint density at radius 3 is 2.56 bits per heavy atom. The minimum absolute atomic E-state index is 0.301. The molecule has 0 bridgehead atoms. The van der Waals surface area contributed by atoms with Gasteiger partial charge in [-0.05, 0) is 19.8 Å². The van der Waals surface area contributed by atoms with E-state index in [-0.39, 0.29) is 0 Å². The molecule has 1 unspecified atom stereocenters. The predicted molar refractivity (Wildman–Crippen MR) is 64.0 cm³/mol. The fraction of sp³-hybridized carbons (Fsp3) is 0.833. The monoisotopic (exact) mass is 222 g/mol. The van der Waals surface area contributed by atoms with E-state index in [0.29, 0.717) is 12.1 Å². The van der Waals surface area contributed by atoms with E-state index in [1.807, 2.05) is 11.6 Å². The van der Waals surface area contributed by atoms with Gasteiger partial charge in [-0.3, -0.25) is 0 Å². The first-order valence-electron chi connectivity index (χ1n) is 6.37. The van der Waals surface area contributed by atoms with E-state index in [4.69, 9.17) is 0 Å². The van der Waals surface area contributed by atoms with Crippen LogP contribution in [0.2, 0.25) is 0 Å². The van der Waals surface area contributed by atoms with Gasteiger partial charge in [-0.25, -0.2) is 0 Å². The number of nitrogens with one attached hydrogen (secondary N) is 1. The zero-order valence-corrected chi connectivity index (χ0v) is 10.3. The Labute approximate surface area is 97.5 Å². The molecular weight excluding hydrogens is 200 g/mol. The van der Waals surface area contributed by atoms with Gasteiger partial charge in [-0.2, -0.15) is 0 Å². The van der Waals surface area contributed by atoms with Crippen molar-refractivity contribution in [3.8, 4) is 0 Å². The standard InChI is InChI=1S/C12H22N4/c1-10(12-15-13-9-16(12)2)14-11-7-5-3-4-6-8-11/h9-11,14H,3-8H2,1-2H3. The maximum atomic E-state index is 4.16. The Balaban J connectivity index is 1.91. The van der Waals surface area contributed by atoms with Crippen molar-refractivity contribution in [1.29, 1.82) is 0 Å². The number of aromatic nitrogens is 3. The molecule has 0 radical (unpaired) electrons. The Hall–Kier alpha value is -0.900. The highest BCUT2D eigenvalue weighted by molar-refractivity contribution is 4.93.